The van der Waals surface area contributed by atoms with Crippen LogP contribution < -0.4 is 16.6 Å². The van der Waals surface area contributed by atoms with E-state index in [0.29, 0.717) is 0 Å². The highest BCUT2D eigenvalue weighted by Crippen LogP contribution is 1.96. The quantitative estimate of drug-likeness (QED) is 0.656. The van der Waals surface area contributed by atoms with Gasteiger partial charge in [-0.15, -0.1) is 12.4 Å². The standard InChI is InChI=1S/C8H11N3O2.ClH/c1-5(9)7(12)11-6-3-2-4-10-8(6)13;/h2-5H,9H2,1H3,(H,10,13)(H,11,12);1H. The molecule has 78 valence electrons. The van der Waals surface area contributed by atoms with E-state index in [9.17, 15) is 9.59 Å². The topological polar surface area (TPSA) is 88.0 Å². The zero-order chi connectivity index (χ0) is 9.84. The Morgan fingerprint density at radius 2 is 2.29 bits per heavy atom. The second kappa shape index (κ2) is 5.41. The first-order chi connectivity index (χ1) is 6.11. The van der Waals surface area contributed by atoms with Gasteiger partial charge in [0.05, 0.1) is 6.04 Å². The van der Waals surface area contributed by atoms with Crippen LogP contribution in [0.15, 0.2) is 23.1 Å². The summed E-state index contributed by atoms with van der Waals surface area (Å²) in [6, 6.07) is 2.51. The van der Waals surface area contributed by atoms with Crippen LogP contribution >= 0.6 is 12.4 Å². The van der Waals surface area contributed by atoms with Crippen molar-refractivity contribution in [1.82, 2.24) is 4.98 Å². The predicted molar refractivity (Wildman–Crippen MR) is 56.6 cm³/mol. The lowest BCUT2D eigenvalue weighted by Crippen LogP contribution is -2.34. The van der Waals surface area contributed by atoms with Crippen molar-refractivity contribution < 1.29 is 4.79 Å². The first-order valence-corrected chi connectivity index (χ1v) is 3.85. The molecule has 14 heavy (non-hydrogen) atoms. The number of rotatable bonds is 2. The summed E-state index contributed by atoms with van der Waals surface area (Å²) < 4.78 is 0. The average Bonchev–Trinajstić information content (AvgIpc) is 2.08. The van der Waals surface area contributed by atoms with Crippen molar-refractivity contribution in [2.75, 3.05) is 5.32 Å². The van der Waals surface area contributed by atoms with E-state index in [1.54, 1.807) is 13.0 Å². The van der Waals surface area contributed by atoms with Crippen molar-refractivity contribution in [3.63, 3.8) is 0 Å². The second-order valence-corrected chi connectivity index (χ2v) is 2.69. The van der Waals surface area contributed by atoms with Crippen LogP contribution in [0.25, 0.3) is 0 Å². The zero-order valence-corrected chi connectivity index (χ0v) is 8.43. The van der Waals surface area contributed by atoms with Gasteiger partial charge in [0.25, 0.3) is 5.56 Å². The van der Waals surface area contributed by atoms with E-state index < -0.39 is 6.04 Å². The fourth-order valence-electron chi connectivity index (χ4n) is 0.767. The van der Waals surface area contributed by atoms with Crippen LogP contribution in [0, 0.1) is 0 Å². The number of nitrogens with two attached hydrogens (primary N) is 1. The lowest BCUT2D eigenvalue weighted by molar-refractivity contribution is -0.117. The van der Waals surface area contributed by atoms with Gasteiger partial charge in [-0.2, -0.15) is 0 Å². The maximum atomic E-state index is 11.1. The second-order valence-electron chi connectivity index (χ2n) is 2.69. The molecule has 0 saturated carbocycles. The molecule has 1 amide bonds. The third-order valence-electron chi connectivity index (χ3n) is 1.49. The molecule has 0 saturated heterocycles. The predicted octanol–water partition coefficient (Wildman–Crippen LogP) is 0.0824. The van der Waals surface area contributed by atoms with Crippen LogP contribution in [0.2, 0.25) is 0 Å². The maximum absolute atomic E-state index is 11.1. The number of hydrogen-bond acceptors (Lipinski definition) is 3. The summed E-state index contributed by atoms with van der Waals surface area (Å²) in [6.07, 6.45) is 1.49. The molecule has 1 aromatic rings. The van der Waals surface area contributed by atoms with Crippen LogP contribution in [0.4, 0.5) is 5.69 Å². The molecule has 5 nitrogen and oxygen atoms in total. The average molecular weight is 218 g/mol. The van der Waals surface area contributed by atoms with E-state index in [4.69, 9.17) is 5.73 Å². The van der Waals surface area contributed by atoms with E-state index in [1.165, 1.54) is 12.3 Å². The Hall–Kier alpha value is -1.33. The molecule has 0 bridgehead atoms. The van der Waals surface area contributed by atoms with E-state index in [2.05, 4.69) is 10.3 Å². The third kappa shape index (κ3) is 3.20. The number of carbonyl (C=O) groups excluding carboxylic acids is 1. The molecular weight excluding hydrogens is 206 g/mol. The summed E-state index contributed by atoms with van der Waals surface area (Å²) in [5.74, 6) is -0.378. The van der Waals surface area contributed by atoms with Gasteiger partial charge in [0, 0.05) is 6.20 Å². The minimum absolute atomic E-state index is 0. The highest BCUT2D eigenvalue weighted by Gasteiger charge is 2.08. The summed E-state index contributed by atoms with van der Waals surface area (Å²) in [7, 11) is 0. The maximum Gasteiger partial charge on any atom is 0.271 e. The van der Waals surface area contributed by atoms with Gasteiger partial charge in [0.1, 0.15) is 5.69 Å². The van der Waals surface area contributed by atoms with Crippen molar-refractivity contribution in [2.45, 2.75) is 13.0 Å². The van der Waals surface area contributed by atoms with Gasteiger partial charge in [-0.1, -0.05) is 0 Å². The smallest absolute Gasteiger partial charge is 0.271 e. The Morgan fingerprint density at radius 3 is 2.79 bits per heavy atom. The van der Waals surface area contributed by atoms with Crippen LogP contribution in [0.5, 0.6) is 0 Å². The number of anilines is 1. The van der Waals surface area contributed by atoms with Crippen molar-refractivity contribution in [3.05, 3.63) is 28.7 Å². The van der Waals surface area contributed by atoms with Gasteiger partial charge < -0.3 is 16.0 Å². The third-order valence-corrected chi connectivity index (χ3v) is 1.49. The van der Waals surface area contributed by atoms with Gasteiger partial charge in [0.2, 0.25) is 5.91 Å². The number of carbonyl (C=O) groups is 1. The molecule has 0 radical (unpaired) electrons. The molecule has 1 rings (SSSR count). The van der Waals surface area contributed by atoms with E-state index >= 15 is 0 Å². The molecule has 0 aromatic carbocycles. The summed E-state index contributed by atoms with van der Waals surface area (Å²) in [6.45, 7) is 1.55. The minimum Gasteiger partial charge on any atom is -0.327 e. The minimum atomic E-state index is -0.625. The molecule has 0 fully saturated rings. The van der Waals surface area contributed by atoms with E-state index in [0.717, 1.165) is 0 Å². The Bertz CT molecular complexity index is 362. The first kappa shape index (κ1) is 12.7. The number of aromatic nitrogens is 1. The number of hydrogen-bond donors (Lipinski definition) is 3. The van der Waals surface area contributed by atoms with Crippen molar-refractivity contribution in [1.29, 1.82) is 0 Å². The fraction of sp³-hybridized carbons (Fsp3) is 0.250. The number of pyridine rings is 1. The normalized spacial score (nSPS) is 11.3. The number of aromatic amines is 1. The molecule has 0 aliphatic heterocycles. The molecule has 6 heteroatoms. The number of amides is 1. The van der Waals surface area contributed by atoms with Crippen LogP contribution in [0.3, 0.4) is 0 Å². The summed E-state index contributed by atoms with van der Waals surface area (Å²) in [5, 5.41) is 2.40. The van der Waals surface area contributed by atoms with Gasteiger partial charge in [-0.25, -0.2) is 0 Å². The monoisotopic (exact) mass is 217 g/mol. The number of H-pyrrole nitrogens is 1. The SMILES string of the molecule is CC(N)C(=O)Nc1ccc[nH]c1=O.Cl. The molecule has 0 aliphatic rings. The summed E-state index contributed by atoms with van der Waals surface area (Å²) >= 11 is 0. The Morgan fingerprint density at radius 1 is 1.64 bits per heavy atom. The Balaban J connectivity index is 0.00000169. The Labute approximate surface area is 87.1 Å². The first-order valence-electron chi connectivity index (χ1n) is 3.85. The highest BCUT2D eigenvalue weighted by atomic mass is 35.5. The largest absolute Gasteiger partial charge is 0.327 e. The molecule has 1 aromatic heterocycles. The van der Waals surface area contributed by atoms with Gasteiger partial charge in [-0.3, -0.25) is 9.59 Å². The molecule has 1 atom stereocenters. The Kier molecular flexibility index (Phi) is 4.90. The molecule has 1 heterocycles. The highest BCUT2D eigenvalue weighted by molar-refractivity contribution is 5.94. The van der Waals surface area contributed by atoms with Crippen molar-refractivity contribution >= 4 is 24.0 Å². The van der Waals surface area contributed by atoms with Crippen LogP contribution in [-0.2, 0) is 4.79 Å². The number of halogens is 1. The lowest BCUT2D eigenvalue weighted by Gasteiger charge is -2.05. The molecule has 1 unspecified atom stereocenters. The number of nitrogens with one attached hydrogen (secondary N) is 2. The molecule has 0 spiro atoms. The molecular formula is C8H12ClN3O2. The van der Waals surface area contributed by atoms with Gasteiger partial charge in [0.15, 0.2) is 0 Å². The van der Waals surface area contributed by atoms with E-state index in [-0.39, 0.29) is 29.6 Å². The molecule has 4 N–H and O–H groups in total. The van der Waals surface area contributed by atoms with Gasteiger partial charge >= 0.3 is 0 Å². The van der Waals surface area contributed by atoms with E-state index in [1.807, 2.05) is 0 Å². The van der Waals surface area contributed by atoms with Crippen LogP contribution in [0.1, 0.15) is 6.92 Å². The van der Waals surface area contributed by atoms with Crippen LogP contribution in [-0.4, -0.2) is 16.9 Å². The summed E-state index contributed by atoms with van der Waals surface area (Å²) in [4.78, 5) is 24.6. The fourth-order valence-corrected chi connectivity index (χ4v) is 0.767. The van der Waals surface area contributed by atoms with Gasteiger partial charge in [-0.05, 0) is 19.1 Å². The lowest BCUT2D eigenvalue weighted by atomic mass is 10.3. The zero-order valence-electron chi connectivity index (χ0n) is 7.61. The molecule has 0 aliphatic carbocycles. The summed E-state index contributed by atoms with van der Waals surface area (Å²) in [5.41, 5.74) is 5.19. The van der Waals surface area contributed by atoms with Crippen molar-refractivity contribution in [3.8, 4) is 0 Å². The van der Waals surface area contributed by atoms with Crippen molar-refractivity contribution in [2.24, 2.45) is 5.73 Å².